The third-order valence-electron chi connectivity index (χ3n) is 5.93. The topological polar surface area (TPSA) is 63.5 Å². The molecule has 0 amide bonds. The molecule has 3 heterocycles. The molecule has 162 valence electrons. The standard InChI is InChI=1S/C25H25N5O2/c1-32-23-10-6-5-7-19(23)18-30-12-11-22-21(24(30)31)17-26-25(27-22)29-15-13-28(14-16-29)20-8-3-2-4-9-20/h2-12,17H,13-16,18H2,1H3. The van der Waals surface area contributed by atoms with E-state index in [1.165, 1.54) is 5.69 Å². The van der Waals surface area contributed by atoms with E-state index in [0.717, 1.165) is 37.5 Å². The maximum Gasteiger partial charge on any atom is 0.261 e. The molecule has 2 aromatic carbocycles. The van der Waals surface area contributed by atoms with Crippen LogP contribution in [0.15, 0.2) is 77.9 Å². The molecule has 1 aliphatic heterocycles. The van der Waals surface area contributed by atoms with Gasteiger partial charge in [-0.1, -0.05) is 36.4 Å². The number of nitrogens with zero attached hydrogens (tertiary/aromatic N) is 5. The van der Waals surface area contributed by atoms with Crippen molar-refractivity contribution in [3.8, 4) is 5.75 Å². The minimum Gasteiger partial charge on any atom is -0.496 e. The van der Waals surface area contributed by atoms with Crippen LogP contribution in [0.25, 0.3) is 10.9 Å². The number of rotatable bonds is 5. The number of anilines is 2. The Hall–Kier alpha value is -3.87. The monoisotopic (exact) mass is 427 g/mol. The molecule has 2 aromatic heterocycles. The molecule has 7 heteroatoms. The third-order valence-corrected chi connectivity index (χ3v) is 5.93. The lowest BCUT2D eigenvalue weighted by Crippen LogP contribution is -2.47. The summed E-state index contributed by atoms with van der Waals surface area (Å²) in [5, 5.41) is 0.522. The van der Waals surface area contributed by atoms with E-state index in [9.17, 15) is 4.79 Å². The van der Waals surface area contributed by atoms with E-state index in [1.54, 1.807) is 24.1 Å². The average Bonchev–Trinajstić information content (AvgIpc) is 2.86. The molecule has 0 radical (unpaired) electrons. The Morgan fingerprint density at radius 2 is 1.62 bits per heavy atom. The van der Waals surface area contributed by atoms with E-state index >= 15 is 0 Å². The van der Waals surface area contributed by atoms with Crippen LogP contribution in [-0.2, 0) is 6.54 Å². The maximum absolute atomic E-state index is 13.0. The Balaban J connectivity index is 1.35. The molecule has 1 aliphatic rings. The molecule has 0 bridgehead atoms. The number of ether oxygens (including phenoxy) is 1. The molecule has 7 nitrogen and oxygen atoms in total. The number of para-hydroxylation sites is 2. The van der Waals surface area contributed by atoms with E-state index in [-0.39, 0.29) is 5.56 Å². The van der Waals surface area contributed by atoms with E-state index in [0.29, 0.717) is 23.4 Å². The molecular weight excluding hydrogens is 402 g/mol. The van der Waals surface area contributed by atoms with Gasteiger partial charge in [-0.3, -0.25) is 4.79 Å². The normalized spacial score (nSPS) is 14.0. The van der Waals surface area contributed by atoms with Crippen molar-refractivity contribution in [2.75, 3.05) is 43.1 Å². The van der Waals surface area contributed by atoms with Crippen molar-refractivity contribution in [2.45, 2.75) is 6.54 Å². The van der Waals surface area contributed by atoms with Crippen molar-refractivity contribution in [3.05, 3.63) is 89.0 Å². The zero-order valence-corrected chi connectivity index (χ0v) is 18.0. The molecule has 32 heavy (non-hydrogen) atoms. The van der Waals surface area contributed by atoms with Gasteiger partial charge in [0.05, 0.1) is 24.6 Å². The first-order chi connectivity index (χ1) is 15.7. The lowest BCUT2D eigenvalue weighted by Gasteiger charge is -2.36. The van der Waals surface area contributed by atoms with Crippen molar-refractivity contribution in [3.63, 3.8) is 0 Å². The van der Waals surface area contributed by atoms with Crippen LogP contribution in [0.1, 0.15) is 5.56 Å². The number of hydrogen-bond donors (Lipinski definition) is 0. The van der Waals surface area contributed by atoms with Gasteiger partial charge in [0, 0.05) is 49.8 Å². The van der Waals surface area contributed by atoms with Crippen LogP contribution in [0.5, 0.6) is 5.75 Å². The molecule has 0 saturated carbocycles. The van der Waals surface area contributed by atoms with Crippen molar-refractivity contribution < 1.29 is 4.74 Å². The fourth-order valence-corrected chi connectivity index (χ4v) is 4.16. The zero-order chi connectivity index (χ0) is 21.9. The summed E-state index contributed by atoms with van der Waals surface area (Å²) in [6.45, 7) is 3.93. The van der Waals surface area contributed by atoms with Gasteiger partial charge in [0.25, 0.3) is 5.56 Å². The van der Waals surface area contributed by atoms with Crippen molar-refractivity contribution in [1.29, 1.82) is 0 Å². The quantitative estimate of drug-likeness (QED) is 0.488. The van der Waals surface area contributed by atoms with Gasteiger partial charge in [-0.2, -0.15) is 0 Å². The van der Waals surface area contributed by atoms with Crippen LogP contribution < -0.4 is 20.1 Å². The predicted molar refractivity (Wildman–Crippen MR) is 127 cm³/mol. The van der Waals surface area contributed by atoms with Crippen molar-refractivity contribution >= 4 is 22.5 Å². The van der Waals surface area contributed by atoms with E-state index in [4.69, 9.17) is 9.72 Å². The Labute approximate surface area is 186 Å². The predicted octanol–water partition coefficient (Wildman–Crippen LogP) is 3.18. The number of aromatic nitrogens is 3. The average molecular weight is 428 g/mol. The van der Waals surface area contributed by atoms with Gasteiger partial charge in [0.2, 0.25) is 5.95 Å². The van der Waals surface area contributed by atoms with Gasteiger partial charge in [-0.05, 0) is 24.3 Å². The first-order valence-corrected chi connectivity index (χ1v) is 10.8. The number of hydrogen-bond acceptors (Lipinski definition) is 6. The van der Waals surface area contributed by atoms with Gasteiger partial charge < -0.3 is 19.1 Å². The van der Waals surface area contributed by atoms with Crippen LogP contribution in [0.3, 0.4) is 0 Å². The zero-order valence-electron chi connectivity index (χ0n) is 18.0. The maximum atomic E-state index is 13.0. The first kappa shape index (κ1) is 20.1. The summed E-state index contributed by atoms with van der Waals surface area (Å²) < 4.78 is 7.08. The van der Waals surface area contributed by atoms with Crippen molar-refractivity contribution in [2.24, 2.45) is 0 Å². The van der Waals surface area contributed by atoms with Gasteiger partial charge in [0.1, 0.15) is 5.75 Å². The highest BCUT2D eigenvalue weighted by atomic mass is 16.5. The molecular formula is C25H25N5O2. The van der Waals surface area contributed by atoms with Crippen molar-refractivity contribution in [1.82, 2.24) is 14.5 Å². The summed E-state index contributed by atoms with van der Waals surface area (Å²) in [5.74, 6) is 1.44. The summed E-state index contributed by atoms with van der Waals surface area (Å²) in [4.78, 5) is 26.8. The Morgan fingerprint density at radius 3 is 2.41 bits per heavy atom. The van der Waals surface area contributed by atoms with Gasteiger partial charge >= 0.3 is 0 Å². The first-order valence-electron chi connectivity index (χ1n) is 10.8. The lowest BCUT2D eigenvalue weighted by atomic mass is 10.2. The number of benzene rings is 2. The van der Waals surface area contributed by atoms with Gasteiger partial charge in [-0.25, -0.2) is 9.97 Å². The highest BCUT2D eigenvalue weighted by Gasteiger charge is 2.20. The number of fused-ring (bicyclic) bond motifs is 1. The summed E-state index contributed by atoms with van der Waals surface area (Å²) >= 11 is 0. The minimum absolute atomic E-state index is 0.103. The molecule has 0 aliphatic carbocycles. The molecule has 0 N–H and O–H groups in total. The van der Waals surface area contributed by atoms with Gasteiger partial charge in [-0.15, -0.1) is 0 Å². The summed E-state index contributed by atoms with van der Waals surface area (Å²) in [6, 6.07) is 20.0. The largest absolute Gasteiger partial charge is 0.496 e. The van der Waals surface area contributed by atoms with Gasteiger partial charge in [0.15, 0.2) is 0 Å². The van der Waals surface area contributed by atoms with Crippen LogP contribution in [0.2, 0.25) is 0 Å². The highest BCUT2D eigenvalue weighted by Crippen LogP contribution is 2.20. The Bertz CT molecular complexity index is 1280. The second-order valence-electron chi connectivity index (χ2n) is 7.84. The highest BCUT2D eigenvalue weighted by molar-refractivity contribution is 5.77. The number of methoxy groups -OCH3 is 1. The fraction of sp³-hybridized carbons (Fsp3) is 0.240. The Kier molecular flexibility index (Phi) is 5.46. The lowest BCUT2D eigenvalue weighted by molar-refractivity contribution is 0.408. The smallest absolute Gasteiger partial charge is 0.261 e. The number of piperazine rings is 1. The fourth-order valence-electron chi connectivity index (χ4n) is 4.16. The summed E-state index contributed by atoms with van der Waals surface area (Å²) in [7, 11) is 1.64. The molecule has 1 saturated heterocycles. The third kappa shape index (κ3) is 3.89. The van der Waals surface area contributed by atoms with E-state index in [2.05, 4.69) is 39.0 Å². The molecule has 1 fully saturated rings. The SMILES string of the molecule is COc1ccccc1Cn1ccc2nc(N3CCN(c4ccccc4)CC3)ncc2c1=O. The molecule has 0 unspecified atom stereocenters. The van der Waals surface area contributed by atoms with Crippen LogP contribution in [0.4, 0.5) is 11.6 Å². The molecule has 0 spiro atoms. The molecule has 0 atom stereocenters. The van der Waals surface area contributed by atoms with E-state index < -0.39 is 0 Å². The second kappa shape index (κ2) is 8.70. The van der Waals surface area contributed by atoms with Crippen LogP contribution >= 0.6 is 0 Å². The minimum atomic E-state index is -0.103. The number of pyridine rings is 1. The summed E-state index contributed by atoms with van der Waals surface area (Å²) in [5.41, 5.74) is 2.75. The van der Waals surface area contributed by atoms with Crippen LogP contribution in [-0.4, -0.2) is 47.8 Å². The van der Waals surface area contributed by atoms with Crippen LogP contribution in [0, 0.1) is 0 Å². The van der Waals surface area contributed by atoms with E-state index in [1.807, 2.05) is 36.4 Å². The molecule has 5 rings (SSSR count). The second-order valence-corrected chi connectivity index (χ2v) is 7.84. The summed E-state index contributed by atoms with van der Waals surface area (Å²) in [6.07, 6.45) is 3.45. The Morgan fingerprint density at radius 1 is 0.906 bits per heavy atom. The molecule has 4 aromatic rings.